The Bertz CT molecular complexity index is 754. The molecule has 0 atom stereocenters. The van der Waals surface area contributed by atoms with Gasteiger partial charge < -0.3 is 0 Å². The maximum Gasteiger partial charge on any atom is 0.262 e. The number of halogens is 1. The molecule has 0 spiro atoms. The second kappa shape index (κ2) is 5.46. The minimum absolute atomic E-state index is 0.239. The third-order valence-electron chi connectivity index (χ3n) is 3.06. The van der Waals surface area contributed by atoms with E-state index in [2.05, 4.69) is 4.72 Å². The van der Waals surface area contributed by atoms with Crippen LogP contribution in [0.15, 0.2) is 41.3 Å². The third-order valence-corrected chi connectivity index (χ3v) is 4.82. The summed E-state index contributed by atoms with van der Waals surface area (Å²) < 4.78 is 27.5. The summed E-state index contributed by atoms with van der Waals surface area (Å²) in [5, 5.41) is 0.521. The van der Waals surface area contributed by atoms with E-state index >= 15 is 0 Å². The summed E-state index contributed by atoms with van der Waals surface area (Å²) in [5.74, 6) is 0. The Balaban J connectivity index is 2.43. The number of benzene rings is 2. The Morgan fingerprint density at radius 3 is 2.30 bits per heavy atom. The summed E-state index contributed by atoms with van der Waals surface area (Å²) >= 11 is 5.86. The fraction of sp³-hybridized carbons (Fsp3) is 0.200. The topological polar surface area (TPSA) is 46.2 Å². The van der Waals surface area contributed by atoms with Crippen LogP contribution in [0.5, 0.6) is 0 Å². The molecule has 0 amide bonds. The molecule has 1 N–H and O–H groups in total. The lowest BCUT2D eigenvalue weighted by atomic mass is 10.1. The second-order valence-corrected chi connectivity index (χ2v) is 6.92. The van der Waals surface area contributed by atoms with Crippen LogP contribution in [0.3, 0.4) is 0 Å². The molecule has 2 aromatic carbocycles. The largest absolute Gasteiger partial charge is 0.279 e. The molecule has 0 aliphatic rings. The maximum absolute atomic E-state index is 12.4. The van der Waals surface area contributed by atoms with Crippen molar-refractivity contribution in [1.29, 1.82) is 0 Å². The monoisotopic (exact) mass is 309 g/mol. The van der Waals surface area contributed by atoms with Crippen LogP contribution in [-0.4, -0.2) is 8.42 Å². The minimum atomic E-state index is -3.61. The molecule has 0 aliphatic carbocycles. The van der Waals surface area contributed by atoms with Crippen molar-refractivity contribution in [2.24, 2.45) is 0 Å². The van der Waals surface area contributed by atoms with E-state index in [9.17, 15) is 8.42 Å². The summed E-state index contributed by atoms with van der Waals surface area (Å²) in [6.45, 7) is 5.51. The van der Waals surface area contributed by atoms with Gasteiger partial charge >= 0.3 is 0 Å². The van der Waals surface area contributed by atoms with Crippen molar-refractivity contribution >= 4 is 27.3 Å². The standard InChI is InChI=1S/C15H16ClNO2S/c1-10-4-5-11(2)14(8-10)17-20(18,19)15-7-6-13(16)9-12(15)3/h4-9,17H,1-3H3. The van der Waals surface area contributed by atoms with Gasteiger partial charge in [0, 0.05) is 5.02 Å². The molecular weight excluding hydrogens is 294 g/mol. The minimum Gasteiger partial charge on any atom is -0.279 e. The summed E-state index contributed by atoms with van der Waals surface area (Å²) in [6.07, 6.45) is 0. The van der Waals surface area contributed by atoms with Gasteiger partial charge in [0.2, 0.25) is 0 Å². The van der Waals surface area contributed by atoms with Gasteiger partial charge in [-0.3, -0.25) is 4.72 Å². The Morgan fingerprint density at radius 1 is 0.950 bits per heavy atom. The van der Waals surface area contributed by atoms with Crippen LogP contribution >= 0.6 is 11.6 Å². The lowest BCUT2D eigenvalue weighted by Crippen LogP contribution is -2.15. The third kappa shape index (κ3) is 3.14. The van der Waals surface area contributed by atoms with Crippen molar-refractivity contribution in [3.63, 3.8) is 0 Å². The Kier molecular flexibility index (Phi) is 4.06. The van der Waals surface area contributed by atoms with Crippen molar-refractivity contribution in [2.75, 3.05) is 4.72 Å². The highest BCUT2D eigenvalue weighted by Gasteiger charge is 2.17. The molecule has 0 unspecified atom stereocenters. The van der Waals surface area contributed by atoms with Crippen LogP contribution in [0, 0.1) is 20.8 Å². The van der Waals surface area contributed by atoms with E-state index in [4.69, 9.17) is 11.6 Å². The van der Waals surface area contributed by atoms with Crippen LogP contribution < -0.4 is 4.72 Å². The highest BCUT2D eigenvalue weighted by atomic mass is 35.5. The Labute approximate surface area is 124 Å². The Morgan fingerprint density at radius 2 is 1.65 bits per heavy atom. The fourth-order valence-electron chi connectivity index (χ4n) is 1.96. The van der Waals surface area contributed by atoms with E-state index in [1.165, 1.54) is 6.07 Å². The molecule has 0 saturated carbocycles. The van der Waals surface area contributed by atoms with Gasteiger partial charge in [0.25, 0.3) is 10.0 Å². The number of anilines is 1. The average molecular weight is 310 g/mol. The summed E-state index contributed by atoms with van der Waals surface area (Å²) in [6, 6.07) is 10.4. The molecule has 0 heterocycles. The zero-order valence-electron chi connectivity index (χ0n) is 11.6. The van der Waals surface area contributed by atoms with E-state index in [1.54, 1.807) is 19.1 Å². The summed E-state index contributed by atoms with van der Waals surface area (Å²) in [5.41, 5.74) is 3.10. The van der Waals surface area contributed by atoms with Crippen LogP contribution in [0.4, 0.5) is 5.69 Å². The molecule has 106 valence electrons. The van der Waals surface area contributed by atoms with Crippen molar-refractivity contribution in [3.05, 3.63) is 58.1 Å². The quantitative estimate of drug-likeness (QED) is 0.929. The first kappa shape index (κ1) is 14.9. The van der Waals surface area contributed by atoms with E-state index in [0.717, 1.165) is 11.1 Å². The van der Waals surface area contributed by atoms with Crippen LogP contribution in [0.2, 0.25) is 5.02 Å². The fourth-order valence-corrected chi connectivity index (χ4v) is 3.54. The average Bonchev–Trinajstić information content (AvgIpc) is 2.33. The number of hydrogen-bond donors (Lipinski definition) is 1. The smallest absolute Gasteiger partial charge is 0.262 e. The van der Waals surface area contributed by atoms with Crippen molar-refractivity contribution in [2.45, 2.75) is 25.7 Å². The second-order valence-electron chi connectivity index (χ2n) is 4.83. The van der Waals surface area contributed by atoms with Gasteiger partial charge in [-0.1, -0.05) is 23.7 Å². The van der Waals surface area contributed by atoms with Crippen molar-refractivity contribution in [3.8, 4) is 0 Å². The summed E-state index contributed by atoms with van der Waals surface area (Å²) in [7, 11) is -3.61. The molecule has 0 aromatic heterocycles. The molecule has 2 rings (SSSR count). The molecule has 0 aliphatic heterocycles. The van der Waals surface area contributed by atoms with Gasteiger partial charge in [-0.25, -0.2) is 8.42 Å². The van der Waals surface area contributed by atoms with Crippen LogP contribution in [0.1, 0.15) is 16.7 Å². The van der Waals surface area contributed by atoms with E-state index < -0.39 is 10.0 Å². The highest BCUT2D eigenvalue weighted by molar-refractivity contribution is 7.92. The zero-order valence-corrected chi connectivity index (χ0v) is 13.1. The number of aryl methyl sites for hydroxylation is 3. The van der Waals surface area contributed by atoms with Crippen LogP contribution in [-0.2, 0) is 10.0 Å². The van der Waals surface area contributed by atoms with Gasteiger partial charge in [-0.05, 0) is 61.7 Å². The lowest BCUT2D eigenvalue weighted by molar-refractivity contribution is 0.600. The first-order chi connectivity index (χ1) is 9.29. The van der Waals surface area contributed by atoms with Gasteiger partial charge in [-0.15, -0.1) is 0 Å². The normalized spacial score (nSPS) is 11.4. The van der Waals surface area contributed by atoms with Gasteiger partial charge in [0.1, 0.15) is 0 Å². The predicted molar refractivity (Wildman–Crippen MR) is 82.9 cm³/mol. The Hall–Kier alpha value is -1.52. The number of sulfonamides is 1. The van der Waals surface area contributed by atoms with Gasteiger partial charge in [0.05, 0.1) is 10.6 Å². The van der Waals surface area contributed by atoms with E-state index in [1.807, 2.05) is 32.0 Å². The summed E-state index contributed by atoms with van der Waals surface area (Å²) in [4.78, 5) is 0.239. The number of rotatable bonds is 3. The lowest BCUT2D eigenvalue weighted by Gasteiger charge is -2.13. The van der Waals surface area contributed by atoms with Gasteiger partial charge in [0.15, 0.2) is 0 Å². The molecule has 0 bridgehead atoms. The van der Waals surface area contributed by atoms with Crippen LogP contribution in [0.25, 0.3) is 0 Å². The SMILES string of the molecule is Cc1ccc(C)c(NS(=O)(=O)c2ccc(Cl)cc2C)c1. The van der Waals surface area contributed by atoms with Gasteiger partial charge in [-0.2, -0.15) is 0 Å². The molecular formula is C15H16ClNO2S. The van der Waals surface area contributed by atoms with Crippen molar-refractivity contribution in [1.82, 2.24) is 0 Å². The molecule has 20 heavy (non-hydrogen) atoms. The molecule has 0 fully saturated rings. The predicted octanol–water partition coefficient (Wildman–Crippen LogP) is 4.07. The molecule has 2 aromatic rings. The molecule has 3 nitrogen and oxygen atoms in total. The first-order valence-electron chi connectivity index (χ1n) is 6.16. The van der Waals surface area contributed by atoms with Crippen molar-refractivity contribution < 1.29 is 8.42 Å². The zero-order chi connectivity index (χ0) is 14.9. The molecule has 5 heteroatoms. The highest BCUT2D eigenvalue weighted by Crippen LogP contribution is 2.24. The number of nitrogens with one attached hydrogen (secondary N) is 1. The first-order valence-corrected chi connectivity index (χ1v) is 8.02. The molecule has 0 saturated heterocycles. The van der Waals surface area contributed by atoms with E-state index in [0.29, 0.717) is 16.3 Å². The number of hydrogen-bond acceptors (Lipinski definition) is 2. The molecule has 0 radical (unpaired) electrons. The maximum atomic E-state index is 12.4. The van der Waals surface area contributed by atoms with E-state index in [-0.39, 0.29) is 4.90 Å².